The molecule has 0 aliphatic heterocycles. The molecule has 0 unspecified atom stereocenters. The molecule has 0 saturated heterocycles. The maximum absolute atomic E-state index is 5.45. The fourth-order valence-corrected chi connectivity index (χ4v) is 2.64. The molecule has 0 amide bonds. The van der Waals surface area contributed by atoms with Gasteiger partial charge in [-0.15, -0.1) is 0 Å². The highest BCUT2D eigenvalue weighted by atomic mass is 16.5. The largest absolute Gasteiger partial charge is 0.497 e. The third kappa shape index (κ3) is 3.06. The summed E-state index contributed by atoms with van der Waals surface area (Å²) in [6, 6.07) is 14.0. The van der Waals surface area contributed by atoms with Gasteiger partial charge in [0.05, 0.1) is 25.4 Å². The van der Waals surface area contributed by atoms with E-state index in [1.807, 2.05) is 43.3 Å². The summed E-state index contributed by atoms with van der Waals surface area (Å²) in [6.45, 7) is 4.04. The first-order valence-corrected chi connectivity index (χ1v) is 7.48. The number of pyridine rings is 1. The Morgan fingerprint density at radius 1 is 0.870 bits per heavy atom. The van der Waals surface area contributed by atoms with Gasteiger partial charge in [0.25, 0.3) is 0 Å². The van der Waals surface area contributed by atoms with Crippen molar-refractivity contribution in [2.24, 2.45) is 0 Å². The highest BCUT2D eigenvalue weighted by Gasteiger charge is 2.09. The molecular weight excluding hydrogens is 288 g/mol. The summed E-state index contributed by atoms with van der Waals surface area (Å²) in [5.74, 6) is 1.61. The third-order valence-electron chi connectivity index (χ3n) is 3.77. The predicted octanol–water partition coefficient (Wildman–Crippen LogP) is 4.61. The van der Waals surface area contributed by atoms with E-state index in [-0.39, 0.29) is 0 Å². The van der Waals surface area contributed by atoms with Gasteiger partial charge in [-0.2, -0.15) is 0 Å². The fraction of sp³-hybridized carbons (Fsp3) is 0.211. The summed E-state index contributed by atoms with van der Waals surface area (Å²) in [5.41, 5.74) is 4.96. The number of aromatic nitrogens is 1. The van der Waals surface area contributed by atoms with Crippen molar-refractivity contribution in [2.45, 2.75) is 13.8 Å². The maximum Gasteiger partial charge on any atom is 0.142 e. The number of methoxy groups -OCH3 is 2. The molecule has 3 aromatic rings. The number of hydrogen-bond acceptors (Lipinski definition) is 4. The maximum atomic E-state index is 5.45. The molecule has 0 aliphatic carbocycles. The lowest BCUT2D eigenvalue weighted by Crippen LogP contribution is -1.98. The number of benzene rings is 2. The van der Waals surface area contributed by atoms with Crippen LogP contribution in [0.25, 0.3) is 10.9 Å². The molecule has 1 N–H and O–H groups in total. The summed E-state index contributed by atoms with van der Waals surface area (Å²) in [5, 5.41) is 4.52. The number of hydrogen-bond donors (Lipinski definition) is 1. The van der Waals surface area contributed by atoms with Gasteiger partial charge in [-0.3, -0.25) is 4.98 Å². The van der Waals surface area contributed by atoms with Gasteiger partial charge in [-0.05, 0) is 49.7 Å². The summed E-state index contributed by atoms with van der Waals surface area (Å²) in [7, 11) is 3.34. The van der Waals surface area contributed by atoms with Crippen LogP contribution in [0.15, 0.2) is 42.5 Å². The van der Waals surface area contributed by atoms with Crippen molar-refractivity contribution in [2.75, 3.05) is 19.5 Å². The average Bonchev–Trinajstić information content (AvgIpc) is 2.54. The second-order valence-electron chi connectivity index (χ2n) is 5.52. The molecule has 0 bridgehead atoms. The van der Waals surface area contributed by atoms with E-state index in [1.54, 1.807) is 14.2 Å². The van der Waals surface area contributed by atoms with Crippen molar-refractivity contribution >= 4 is 22.3 Å². The Hall–Kier alpha value is -2.75. The van der Waals surface area contributed by atoms with Crippen molar-refractivity contribution in [1.82, 2.24) is 4.98 Å². The number of ether oxygens (including phenoxy) is 2. The van der Waals surface area contributed by atoms with Crippen LogP contribution in [0.3, 0.4) is 0 Å². The lowest BCUT2D eigenvalue weighted by atomic mass is 10.1. The molecule has 2 aromatic carbocycles. The molecule has 0 fully saturated rings. The monoisotopic (exact) mass is 308 g/mol. The Bertz CT molecular complexity index is 859. The second kappa shape index (κ2) is 6.16. The summed E-state index contributed by atoms with van der Waals surface area (Å²) in [6.07, 6.45) is 0. The standard InChI is InChI=1S/C19H20N2O2/c1-12-5-8-19(23-4)18(9-12)21-16-10-13(2)20-17-11-14(22-3)6-7-15(16)17/h5-11H,1-4H3,(H,20,21). The van der Waals surface area contributed by atoms with E-state index >= 15 is 0 Å². The zero-order valence-corrected chi connectivity index (χ0v) is 13.8. The fourth-order valence-electron chi connectivity index (χ4n) is 2.64. The number of aryl methyl sites for hydroxylation is 2. The van der Waals surface area contributed by atoms with Gasteiger partial charge in [0.2, 0.25) is 0 Å². The highest BCUT2D eigenvalue weighted by molar-refractivity contribution is 5.94. The van der Waals surface area contributed by atoms with Gasteiger partial charge < -0.3 is 14.8 Å². The number of rotatable bonds is 4. The first kappa shape index (κ1) is 15.2. The Labute approximate surface area is 136 Å². The van der Waals surface area contributed by atoms with Crippen LogP contribution >= 0.6 is 0 Å². The minimum absolute atomic E-state index is 0.801. The molecule has 4 heteroatoms. The summed E-state index contributed by atoms with van der Waals surface area (Å²) >= 11 is 0. The highest BCUT2D eigenvalue weighted by Crippen LogP contribution is 2.33. The molecule has 0 spiro atoms. The van der Waals surface area contributed by atoms with Crippen LogP contribution in [-0.2, 0) is 0 Å². The van der Waals surface area contributed by atoms with E-state index in [2.05, 4.69) is 23.3 Å². The number of nitrogens with zero attached hydrogens (tertiary/aromatic N) is 1. The minimum Gasteiger partial charge on any atom is -0.497 e. The summed E-state index contributed by atoms with van der Waals surface area (Å²) < 4.78 is 10.7. The lowest BCUT2D eigenvalue weighted by molar-refractivity contribution is 0.415. The lowest BCUT2D eigenvalue weighted by Gasteiger charge is -2.15. The van der Waals surface area contributed by atoms with Crippen molar-refractivity contribution in [3.8, 4) is 11.5 Å². The third-order valence-corrected chi connectivity index (χ3v) is 3.77. The van der Waals surface area contributed by atoms with Crippen LogP contribution in [0.4, 0.5) is 11.4 Å². The van der Waals surface area contributed by atoms with Gasteiger partial charge in [0, 0.05) is 22.8 Å². The second-order valence-corrected chi connectivity index (χ2v) is 5.52. The number of nitrogens with one attached hydrogen (secondary N) is 1. The van der Waals surface area contributed by atoms with Crippen molar-refractivity contribution < 1.29 is 9.47 Å². The van der Waals surface area contributed by atoms with E-state index in [0.29, 0.717) is 0 Å². The predicted molar refractivity (Wildman–Crippen MR) is 94.0 cm³/mol. The molecule has 1 heterocycles. The van der Waals surface area contributed by atoms with Gasteiger partial charge in [-0.1, -0.05) is 6.07 Å². The molecule has 3 rings (SSSR count). The molecular formula is C19H20N2O2. The van der Waals surface area contributed by atoms with E-state index in [9.17, 15) is 0 Å². The molecule has 0 aliphatic rings. The number of anilines is 2. The molecule has 4 nitrogen and oxygen atoms in total. The van der Waals surface area contributed by atoms with Crippen LogP contribution in [0.2, 0.25) is 0 Å². The zero-order chi connectivity index (χ0) is 16.4. The molecule has 0 saturated carbocycles. The van der Waals surface area contributed by atoms with Crippen LogP contribution in [0, 0.1) is 13.8 Å². The smallest absolute Gasteiger partial charge is 0.142 e. The van der Waals surface area contributed by atoms with Crippen molar-refractivity contribution in [3.63, 3.8) is 0 Å². The zero-order valence-electron chi connectivity index (χ0n) is 13.8. The Balaban J connectivity index is 2.11. The first-order chi connectivity index (χ1) is 11.1. The van der Waals surface area contributed by atoms with Gasteiger partial charge in [0.1, 0.15) is 11.5 Å². The van der Waals surface area contributed by atoms with Crippen molar-refractivity contribution in [3.05, 3.63) is 53.7 Å². The van der Waals surface area contributed by atoms with Gasteiger partial charge >= 0.3 is 0 Å². The SMILES string of the molecule is COc1ccc2c(Nc3cc(C)ccc3OC)cc(C)nc2c1. The molecule has 23 heavy (non-hydrogen) atoms. The van der Waals surface area contributed by atoms with Crippen LogP contribution in [0.5, 0.6) is 11.5 Å². The summed E-state index contributed by atoms with van der Waals surface area (Å²) in [4.78, 5) is 4.60. The van der Waals surface area contributed by atoms with E-state index in [0.717, 1.165) is 39.5 Å². The molecule has 118 valence electrons. The Kier molecular flexibility index (Phi) is 4.06. The quantitative estimate of drug-likeness (QED) is 0.764. The Morgan fingerprint density at radius 2 is 1.70 bits per heavy atom. The average molecular weight is 308 g/mol. The first-order valence-electron chi connectivity index (χ1n) is 7.48. The van der Waals surface area contributed by atoms with E-state index in [1.165, 1.54) is 5.56 Å². The molecule has 0 radical (unpaired) electrons. The van der Waals surface area contributed by atoms with E-state index < -0.39 is 0 Å². The van der Waals surface area contributed by atoms with E-state index in [4.69, 9.17) is 9.47 Å². The Morgan fingerprint density at radius 3 is 2.43 bits per heavy atom. The molecule has 1 aromatic heterocycles. The van der Waals surface area contributed by atoms with Gasteiger partial charge in [-0.25, -0.2) is 0 Å². The molecule has 0 atom stereocenters. The van der Waals surface area contributed by atoms with Crippen LogP contribution < -0.4 is 14.8 Å². The van der Waals surface area contributed by atoms with Crippen molar-refractivity contribution in [1.29, 1.82) is 0 Å². The minimum atomic E-state index is 0.801. The van der Waals surface area contributed by atoms with Gasteiger partial charge in [0.15, 0.2) is 0 Å². The normalized spacial score (nSPS) is 10.6. The van der Waals surface area contributed by atoms with Crippen LogP contribution in [0.1, 0.15) is 11.3 Å². The van der Waals surface area contributed by atoms with Crippen LogP contribution in [-0.4, -0.2) is 19.2 Å². The number of fused-ring (bicyclic) bond motifs is 1. The topological polar surface area (TPSA) is 43.4 Å².